The highest BCUT2D eigenvalue weighted by molar-refractivity contribution is 7.14. The molecule has 2 aromatic heterocycles. The minimum atomic E-state index is -0.542. The van der Waals surface area contributed by atoms with E-state index in [9.17, 15) is 14.4 Å². The van der Waals surface area contributed by atoms with Crippen molar-refractivity contribution in [2.24, 2.45) is 0 Å². The molecule has 0 unspecified atom stereocenters. The Morgan fingerprint density at radius 3 is 2.50 bits per heavy atom. The number of carbonyl (C=O) groups excluding carboxylic acids is 3. The second kappa shape index (κ2) is 8.76. The highest BCUT2D eigenvalue weighted by Crippen LogP contribution is 2.18. The van der Waals surface area contributed by atoms with Crippen LogP contribution < -0.4 is 0 Å². The average Bonchev–Trinajstić information content (AvgIpc) is 3.16. The van der Waals surface area contributed by atoms with Crippen LogP contribution in [0.25, 0.3) is 0 Å². The quantitative estimate of drug-likeness (QED) is 0.378. The number of hydrogen-bond donors (Lipinski definition) is 0. The topological polar surface area (TPSA) is 65.4 Å². The van der Waals surface area contributed by atoms with Crippen molar-refractivity contribution in [1.29, 1.82) is 0 Å². The van der Waals surface area contributed by atoms with E-state index in [-0.39, 0.29) is 31.0 Å². The number of aryl methyl sites for hydroxylation is 2. The molecule has 0 N–H and O–H groups in total. The van der Waals surface area contributed by atoms with Gasteiger partial charge in [0.05, 0.1) is 11.3 Å². The highest BCUT2D eigenvalue weighted by Gasteiger charge is 2.17. The third kappa shape index (κ3) is 4.79. The van der Waals surface area contributed by atoms with Crippen LogP contribution in [0.3, 0.4) is 0 Å². The number of ketones is 2. The van der Waals surface area contributed by atoms with Gasteiger partial charge in [0.2, 0.25) is 5.78 Å². The van der Waals surface area contributed by atoms with E-state index in [4.69, 9.17) is 4.74 Å². The fraction of sp³-hybridized carbons (Fsp3) is 0.350. The zero-order chi connectivity index (χ0) is 19.3. The van der Waals surface area contributed by atoms with Crippen molar-refractivity contribution in [3.8, 4) is 0 Å². The second-order valence-electron chi connectivity index (χ2n) is 6.10. The van der Waals surface area contributed by atoms with Crippen LogP contribution in [0.1, 0.15) is 49.1 Å². The summed E-state index contributed by atoms with van der Waals surface area (Å²) in [7, 11) is 0. The molecule has 26 heavy (non-hydrogen) atoms. The largest absolute Gasteiger partial charge is 0.457 e. The first-order valence-electron chi connectivity index (χ1n) is 8.39. The second-order valence-corrected chi connectivity index (χ2v) is 7.39. The molecule has 0 aliphatic carbocycles. The van der Waals surface area contributed by atoms with Gasteiger partial charge in [0.1, 0.15) is 0 Å². The molecule has 0 aromatic carbocycles. The lowest BCUT2D eigenvalue weighted by Gasteiger charge is -2.07. The van der Waals surface area contributed by atoms with Gasteiger partial charge in [0.25, 0.3) is 0 Å². The number of Topliss-reactive ketones (excluding diaryl/α,β-unsaturated/α-hetero) is 2. The predicted molar refractivity (Wildman–Crippen MR) is 102 cm³/mol. The first-order valence-corrected chi connectivity index (χ1v) is 9.21. The highest BCUT2D eigenvalue weighted by atomic mass is 32.1. The molecular weight excluding hydrogens is 350 g/mol. The first kappa shape index (κ1) is 19.8. The first-order chi connectivity index (χ1) is 12.3. The lowest BCUT2D eigenvalue weighted by atomic mass is 10.1. The summed E-state index contributed by atoms with van der Waals surface area (Å²) >= 11 is 1.41. The van der Waals surface area contributed by atoms with Gasteiger partial charge in [-0.3, -0.25) is 14.4 Å². The third-order valence-corrected chi connectivity index (χ3v) is 5.16. The van der Waals surface area contributed by atoms with E-state index in [2.05, 4.69) is 6.58 Å². The van der Waals surface area contributed by atoms with Crippen LogP contribution in [0.2, 0.25) is 0 Å². The molecule has 2 aromatic rings. The number of ether oxygens (including phenoxy) is 1. The normalized spacial score (nSPS) is 10.6. The summed E-state index contributed by atoms with van der Waals surface area (Å²) in [6, 6.07) is 5.42. The van der Waals surface area contributed by atoms with Crippen LogP contribution in [0.15, 0.2) is 30.9 Å². The van der Waals surface area contributed by atoms with Gasteiger partial charge in [-0.2, -0.15) is 0 Å². The van der Waals surface area contributed by atoms with E-state index < -0.39 is 5.97 Å². The molecule has 0 spiro atoms. The van der Waals surface area contributed by atoms with E-state index in [1.165, 1.54) is 11.3 Å². The molecule has 0 atom stereocenters. The Hall–Kier alpha value is -2.47. The zero-order valence-corrected chi connectivity index (χ0v) is 16.1. The Kier molecular flexibility index (Phi) is 6.69. The molecule has 2 heterocycles. The molecule has 0 aliphatic heterocycles. The summed E-state index contributed by atoms with van der Waals surface area (Å²) in [5.74, 6) is -0.874. The van der Waals surface area contributed by atoms with Gasteiger partial charge in [-0.25, -0.2) is 0 Å². The molecule has 0 bridgehead atoms. The zero-order valence-electron chi connectivity index (χ0n) is 15.3. The molecule has 0 radical (unpaired) electrons. The van der Waals surface area contributed by atoms with Crippen LogP contribution in [0.5, 0.6) is 0 Å². The van der Waals surface area contributed by atoms with Gasteiger partial charge in [-0.15, -0.1) is 17.9 Å². The maximum absolute atomic E-state index is 12.3. The lowest BCUT2D eigenvalue weighted by Crippen LogP contribution is -2.15. The summed E-state index contributed by atoms with van der Waals surface area (Å²) in [5, 5.41) is 0. The average molecular weight is 373 g/mol. The van der Waals surface area contributed by atoms with Crippen molar-refractivity contribution >= 4 is 28.9 Å². The van der Waals surface area contributed by atoms with Crippen molar-refractivity contribution in [3.63, 3.8) is 0 Å². The van der Waals surface area contributed by atoms with Gasteiger partial charge in [-0.1, -0.05) is 6.08 Å². The van der Waals surface area contributed by atoms with Gasteiger partial charge < -0.3 is 9.30 Å². The number of aromatic nitrogens is 1. The molecule has 6 heteroatoms. The summed E-state index contributed by atoms with van der Waals surface area (Å²) in [6.45, 7) is 9.70. The van der Waals surface area contributed by atoms with Crippen molar-refractivity contribution in [2.75, 3.05) is 6.61 Å². The maximum atomic E-state index is 12.3. The van der Waals surface area contributed by atoms with Gasteiger partial charge in [0.15, 0.2) is 12.4 Å². The SMILES string of the molecule is C=CCn1c(C)cc(C(=O)COC(=O)CCC(=O)c2ccc(C)s2)c1C. The summed E-state index contributed by atoms with van der Waals surface area (Å²) < 4.78 is 7.02. The minimum absolute atomic E-state index is 0.0292. The van der Waals surface area contributed by atoms with Gasteiger partial charge in [0, 0.05) is 34.8 Å². The Morgan fingerprint density at radius 2 is 1.88 bits per heavy atom. The maximum Gasteiger partial charge on any atom is 0.306 e. The van der Waals surface area contributed by atoms with Crippen molar-refractivity contribution in [3.05, 3.63) is 57.6 Å². The molecule has 138 valence electrons. The number of hydrogen-bond acceptors (Lipinski definition) is 5. The summed E-state index contributed by atoms with van der Waals surface area (Å²) in [6.07, 6.45) is 1.82. The van der Waals surface area contributed by atoms with Crippen LogP contribution in [-0.2, 0) is 16.1 Å². The van der Waals surface area contributed by atoms with E-state index >= 15 is 0 Å². The molecule has 0 saturated heterocycles. The van der Waals surface area contributed by atoms with Crippen molar-refractivity contribution < 1.29 is 19.1 Å². The number of thiophene rings is 1. The number of rotatable bonds is 9. The minimum Gasteiger partial charge on any atom is -0.457 e. The predicted octanol–water partition coefficient (Wildman–Crippen LogP) is 4.05. The van der Waals surface area contributed by atoms with Crippen LogP contribution in [-0.4, -0.2) is 28.7 Å². The van der Waals surface area contributed by atoms with E-state index in [0.717, 1.165) is 16.3 Å². The van der Waals surface area contributed by atoms with Crippen LogP contribution in [0.4, 0.5) is 0 Å². The van der Waals surface area contributed by atoms with Crippen LogP contribution in [0, 0.1) is 20.8 Å². The Bertz CT molecular complexity index is 844. The van der Waals surface area contributed by atoms with E-state index in [0.29, 0.717) is 17.0 Å². The van der Waals surface area contributed by atoms with E-state index in [1.54, 1.807) is 18.2 Å². The number of carbonyl (C=O) groups is 3. The Labute approximate surface area is 157 Å². The molecular formula is C20H23NO4S. The monoisotopic (exact) mass is 373 g/mol. The van der Waals surface area contributed by atoms with E-state index in [1.807, 2.05) is 31.4 Å². The molecule has 0 fully saturated rings. The smallest absolute Gasteiger partial charge is 0.306 e. The Balaban J connectivity index is 1.85. The van der Waals surface area contributed by atoms with Crippen LogP contribution >= 0.6 is 11.3 Å². The molecule has 0 aliphatic rings. The molecule has 5 nitrogen and oxygen atoms in total. The lowest BCUT2D eigenvalue weighted by molar-refractivity contribution is -0.142. The van der Waals surface area contributed by atoms with Crippen molar-refractivity contribution in [1.82, 2.24) is 4.57 Å². The molecule has 0 saturated carbocycles. The molecule has 0 amide bonds. The Morgan fingerprint density at radius 1 is 1.15 bits per heavy atom. The number of nitrogens with zero attached hydrogens (tertiary/aromatic N) is 1. The fourth-order valence-corrected chi connectivity index (χ4v) is 3.55. The number of esters is 1. The van der Waals surface area contributed by atoms with Gasteiger partial charge in [-0.05, 0) is 39.0 Å². The summed E-state index contributed by atoms with van der Waals surface area (Å²) in [4.78, 5) is 37.8. The third-order valence-electron chi connectivity index (χ3n) is 4.12. The number of allylic oxidation sites excluding steroid dienone is 1. The van der Waals surface area contributed by atoms with Gasteiger partial charge >= 0.3 is 5.97 Å². The standard InChI is InChI=1S/C20H23NO4S/c1-5-10-21-13(2)11-16(15(21)4)18(23)12-25-20(24)9-7-17(22)19-8-6-14(3)26-19/h5-6,8,11H,1,7,9-10,12H2,2-4H3. The fourth-order valence-electron chi connectivity index (χ4n) is 2.71. The summed E-state index contributed by atoms with van der Waals surface area (Å²) in [5.41, 5.74) is 2.32. The molecule has 2 rings (SSSR count). The van der Waals surface area contributed by atoms with Crippen molar-refractivity contribution in [2.45, 2.75) is 40.2 Å².